The Balaban J connectivity index is 1.46. The van der Waals surface area contributed by atoms with E-state index in [4.69, 9.17) is 4.74 Å². The van der Waals surface area contributed by atoms with Gasteiger partial charge in [-0.05, 0) is 127 Å². The Morgan fingerprint density at radius 2 is 1.50 bits per heavy atom. The van der Waals surface area contributed by atoms with E-state index in [1.807, 2.05) is 12.1 Å². The fraction of sp³-hybridized carbons (Fsp3) is 0.375. The van der Waals surface area contributed by atoms with Crippen molar-refractivity contribution < 1.29 is 19.0 Å². The van der Waals surface area contributed by atoms with Crippen LogP contribution < -0.4 is 0 Å². The number of carbonyl (C=O) groups is 1. The highest BCUT2D eigenvalue weighted by atomic mass is 19.1. The molecule has 1 saturated carbocycles. The molecule has 0 aromatic heterocycles. The van der Waals surface area contributed by atoms with Crippen molar-refractivity contribution in [1.29, 1.82) is 0 Å². The van der Waals surface area contributed by atoms with Gasteiger partial charge in [0.2, 0.25) is 0 Å². The standard InChI is InChI=1S/C40H47FO3/c1-4-6-10-30-13-15-35(16-14-30)38-22-21-36(27-39(38)41)33-17-19-34(20-18-33)37-25-31(11-7-9-29(3)28-42)24-32(26-37)12-8-23-44-40(43)5-2/h4-5,17-22,24-27,30,35,42H,1-3,6-16,23,28H2. The molecule has 4 rings (SSSR count). The molecule has 0 aliphatic heterocycles. The van der Waals surface area contributed by atoms with Gasteiger partial charge in [0.15, 0.2) is 0 Å². The van der Waals surface area contributed by atoms with E-state index in [1.54, 1.807) is 6.07 Å². The summed E-state index contributed by atoms with van der Waals surface area (Å²) in [5.41, 5.74) is 8.22. The van der Waals surface area contributed by atoms with Gasteiger partial charge >= 0.3 is 5.97 Å². The SMILES string of the molecule is C=CCCC1CCC(c2ccc(-c3ccc(-c4cc(CCCOC(=O)C=C)cc(CCCC(=C)CO)c4)cc3)cc2F)CC1. The van der Waals surface area contributed by atoms with Crippen LogP contribution in [-0.2, 0) is 22.4 Å². The molecule has 4 heteroatoms. The van der Waals surface area contributed by atoms with E-state index in [-0.39, 0.29) is 12.4 Å². The van der Waals surface area contributed by atoms with Gasteiger partial charge in [0.1, 0.15) is 5.82 Å². The Labute approximate surface area is 263 Å². The number of hydrogen-bond donors (Lipinski definition) is 1. The summed E-state index contributed by atoms with van der Waals surface area (Å²) >= 11 is 0. The highest BCUT2D eigenvalue weighted by Gasteiger charge is 2.24. The Hall–Kier alpha value is -3.76. The van der Waals surface area contributed by atoms with Crippen LogP contribution in [-0.4, -0.2) is 24.3 Å². The molecular weight excluding hydrogens is 547 g/mol. The van der Waals surface area contributed by atoms with Crippen LogP contribution in [0.4, 0.5) is 4.39 Å². The first-order chi connectivity index (χ1) is 21.4. The predicted octanol–water partition coefficient (Wildman–Crippen LogP) is 9.93. The molecule has 0 bridgehead atoms. The van der Waals surface area contributed by atoms with Crippen LogP contribution in [0.3, 0.4) is 0 Å². The Kier molecular flexibility index (Phi) is 12.7. The third-order valence-corrected chi connectivity index (χ3v) is 8.91. The van der Waals surface area contributed by atoms with Gasteiger partial charge < -0.3 is 9.84 Å². The summed E-state index contributed by atoms with van der Waals surface area (Å²) in [6.07, 6.45) is 14.0. The monoisotopic (exact) mass is 594 g/mol. The van der Waals surface area contributed by atoms with Crippen molar-refractivity contribution in [1.82, 2.24) is 0 Å². The van der Waals surface area contributed by atoms with Crippen molar-refractivity contribution in [2.45, 2.75) is 76.5 Å². The molecule has 0 heterocycles. The second-order valence-electron chi connectivity index (χ2n) is 12.2. The first-order valence-corrected chi connectivity index (χ1v) is 16.1. The number of halogens is 1. The van der Waals surface area contributed by atoms with Crippen LogP contribution in [0.2, 0.25) is 0 Å². The molecule has 0 unspecified atom stereocenters. The number of aliphatic hydroxyl groups excluding tert-OH is 1. The van der Waals surface area contributed by atoms with Crippen LogP contribution in [0, 0.1) is 11.7 Å². The number of aryl methyl sites for hydroxylation is 2. The van der Waals surface area contributed by atoms with E-state index in [1.165, 1.54) is 36.5 Å². The minimum absolute atomic E-state index is 0.0190. The summed E-state index contributed by atoms with van der Waals surface area (Å²) in [5, 5.41) is 9.31. The minimum Gasteiger partial charge on any atom is -0.463 e. The third kappa shape index (κ3) is 9.62. The predicted molar refractivity (Wildman–Crippen MR) is 180 cm³/mol. The highest BCUT2D eigenvalue weighted by molar-refractivity contribution is 5.81. The van der Waals surface area contributed by atoms with Crippen LogP contribution in [0.1, 0.15) is 80.4 Å². The molecule has 44 heavy (non-hydrogen) atoms. The minimum atomic E-state index is -0.403. The molecular formula is C40H47FO3. The number of carbonyl (C=O) groups excluding carboxylic acids is 1. The molecule has 3 nitrogen and oxygen atoms in total. The summed E-state index contributed by atoms with van der Waals surface area (Å²) < 4.78 is 20.5. The molecule has 3 aromatic carbocycles. The van der Waals surface area contributed by atoms with E-state index in [2.05, 4.69) is 68.3 Å². The average molecular weight is 595 g/mol. The lowest BCUT2D eigenvalue weighted by molar-refractivity contribution is -0.137. The summed E-state index contributed by atoms with van der Waals surface area (Å²) in [6.45, 7) is 11.6. The van der Waals surface area contributed by atoms with E-state index >= 15 is 4.39 Å². The lowest BCUT2D eigenvalue weighted by atomic mass is 9.77. The maximum absolute atomic E-state index is 15.4. The number of esters is 1. The second-order valence-corrected chi connectivity index (χ2v) is 12.2. The Morgan fingerprint density at radius 1 is 0.864 bits per heavy atom. The summed E-state index contributed by atoms with van der Waals surface area (Å²) in [7, 11) is 0. The van der Waals surface area contributed by atoms with Crippen molar-refractivity contribution in [3.63, 3.8) is 0 Å². The first kappa shape index (κ1) is 33.1. The maximum atomic E-state index is 15.4. The molecule has 3 aromatic rings. The third-order valence-electron chi connectivity index (χ3n) is 8.91. The fourth-order valence-electron chi connectivity index (χ4n) is 6.36. The van der Waals surface area contributed by atoms with E-state index < -0.39 is 5.97 Å². The van der Waals surface area contributed by atoms with Crippen molar-refractivity contribution in [3.05, 3.63) is 121 Å². The van der Waals surface area contributed by atoms with Gasteiger partial charge in [-0.3, -0.25) is 0 Å². The van der Waals surface area contributed by atoms with Gasteiger partial charge in [-0.15, -0.1) is 6.58 Å². The maximum Gasteiger partial charge on any atom is 0.330 e. The summed E-state index contributed by atoms with van der Waals surface area (Å²) in [6, 6.07) is 20.7. The Morgan fingerprint density at radius 3 is 2.11 bits per heavy atom. The van der Waals surface area contributed by atoms with E-state index in [0.717, 1.165) is 90.7 Å². The highest BCUT2D eigenvalue weighted by Crippen LogP contribution is 2.39. The molecule has 1 fully saturated rings. The second kappa shape index (κ2) is 16.9. The molecule has 0 radical (unpaired) electrons. The first-order valence-electron chi connectivity index (χ1n) is 16.1. The van der Waals surface area contributed by atoms with E-state index in [0.29, 0.717) is 12.5 Å². The summed E-state index contributed by atoms with van der Waals surface area (Å²) in [5.74, 6) is 0.556. The molecule has 0 spiro atoms. The number of benzene rings is 3. The van der Waals surface area contributed by atoms with Crippen LogP contribution in [0.25, 0.3) is 22.3 Å². The van der Waals surface area contributed by atoms with Gasteiger partial charge in [0.05, 0.1) is 13.2 Å². The zero-order chi connectivity index (χ0) is 31.3. The number of hydrogen-bond acceptors (Lipinski definition) is 3. The van der Waals surface area contributed by atoms with Crippen LogP contribution in [0.5, 0.6) is 0 Å². The van der Waals surface area contributed by atoms with Crippen molar-refractivity contribution in [2.24, 2.45) is 5.92 Å². The quantitative estimate of drug-likeness (QED) is 0.0777. The summed E-state index contributed by atoms with van der Waals surface area (Å²) in [4.78, 5) is 11.4. The zero-order valence-corrected chi connectivity index (χ0v) is 26.0. The number of aliphatic hydroxyl groups is 1. The topological polar surface area (TPSA) is 46.5 Å². The molecule has 1 N–H and O–H groups in total. The molecule has 0 atom stereocenters. The lowest BCUT2D eigenvalue weighted by Gasteiger charge is -2.29. The van der Waals surface area contributed by atoms with Crippen molar-refractivity contribution >= 4 is 5.97 Å². The van der Waals surface area contributed by atoms with Gasteiger partial charge in [-0.1, -0.05) is 79.4 Å². The zero-order valence-electron chi connectivity index (χ0n) is 26.0. The number of ether oxygens (including phenoxy) is 1. The van der Waals surface area contributed by atoms with Gasteiger partial charge in [-0.25, -0.2) is 9.18 Å². The largest absolute Gasteiger partial charge is 0.463 e. The Bertz CT molecular complexity index is 1410. The lowest BCUT2D eigenvalue weighted by Crippen LogP contribution is -2.14. The van der Waals surface area contributed by atoms with Crippen LogP contribution in [0.15, 0.2) is 98.1 Å². The smallest absolute Gasteiger partial charge is 0.330 e. The van der Waals surface area contributed by atoms with Gasteiger partial charge in [0, 0.05) is 6.08 Å². The normalized spacial score (nSPS) is 16.3. The van der Waals surface area contributed by atoms with Gasteiger partial charge in [-0.2, -0.15) is 0 Å². The number of allylic oxidation sites excluding steroid dienone is 1. The van der Waals surface area contributed by atoms with E-state index in [9.17, 15) is 9.90 Å². The molecule has 1 aliphatic carbocycles. The molecule has 1 aliphatic rings. The molecule has 0 amide bonds. The van der Waals surface area contributed by atoms with Crippen molar-refractivity contribution in [3.8, 4) is 22.3 Å². The van der Waals surface area contributed by atoms with Crippen molar-refractivity contribution in [2.75, 3.05) is 13.2 Å². The molecule has 0 saturated heterocycles. The average Bonchev–Trinajstić information content (AvgIpc) is 3.05. The number of rotatable bonds is 16. The molecule has 232 valence electrons. The van der Waals surface area contributed by atoms with Crippen LogP contribution >= 0.6 is 0 Å². The fourth-order valence-corrected chi connectivity index (χ4v) is 6.36. The van der Waals surface area contributed by atoms with Gasteiger partial charge in [0.25, 0.3) is 0 Å².